The van der Waals surface area contributed by atoms with Gasteiger partial charge in [0.05, 0.1) is 13.7 Å². The molecule has 160 valence electrons. The first-order valence-electron chi connectivity index (χ1n) is 10.6. The third kappa shape index (κ3) is 4.77. The van der Waals surface area contributed by atoms with Crippen molar-refractivity contribution in [1.82, 2.24) is 10.2 Å². The van der Waals surface area contributed by atoms with Gasteiger partial charge in [-0.2, -0.15) is 0 Å². The molecule has 0 aromatic heterocycles. The fourth-order valence-corrected chi connectivity index (χ4v) is 4.12. The van der Waals surface area contributed by atoms with E-state index in [0.29, 0.717) is 30.2 Å². The third-order valence-electron chi connectivity index (χ3n) is 5.93. The number of rotatable bonds is 6. The van der Waals surface area contributed by atoms with Gasteiger partial charge in [-0.15, -0.1) is 0 Å². The van der Waals surface area contributed by atoms with Crippen LogP contribution in [0, 0.1) is 0 Å². The molecule has 4 rings (SSSR count). The molecule has 2 aromatic rings. The molecule has 2 aromatic carbocycles. The summed E-state index contributed by atoms with van der Waals surface area (Å²) in [4.78, 5) is 15.0. The SMILES string of the molecule is COc1cc(C(=O)NC[C@@H]2OCCc3ccccc32)ccc1OC1CCN(C)CC1. The number of ether oxygens (including phenoxy) is 3. The number of benzene rings is 2. The molecule has 2 aliphatic rings. The van der Waals surface area contributed by atoms with Gasteiger partial charge in [-0.05, 0) is 55.6 Å². The molecular weight excluding hydrogens is 380 g/mol. The molecule has 0 unspecified atom stereocenters. The molecule has 6 nitrogen and oxygen atoms in total. The van der Waals surface area contributed by atoms with Gasteiger partial charge in [0, 0.05) is 25.2 Å². The third-order valence-corrected chi connectivity index (χ3v) is 5.93. The molecule has 0 spiro atoms. The van der Waals surface area contributed by atoms with E-state index >= 15 is 0 Å². The molecule has 1 atom stereocenters. The Bertz CT molecular complexity index is 877. The van der Waals surface area contributed by atoms with Crippen molar-refractivity contribution in [2.75, 3.05) is 40.4 Å². The fraction of sp³-hybridized carbons (Fsp3) is 0.458. The number of amides is 1. The van der Waals surface area contributed by atoms with Gasteiger partial charge >= 0.3 is 0 Å². The lowest BCUT2D eigenvalue weighted by molar-refractivity contribution is 0.0411. The van der Waals surface area contributed by atoms with Gasteiger partial charge < -0.3 is 24.4 Å². The highest BCUT2D eigenvalue weighted by Gasteiger charge is 2.22. The Balaban J connectivity index is 1.38. The van der Waals surface area contributed by atoms with E-state index in [2.05, 4.69) is 29.4 Å². The topological polar surface area (TPSA) is 60.0 Å². The predicted octanol–water partition coefficient (Wildman–Crippen LogP) is 3.21. The van der Waals surface area contributed by atoms with Gasteiger partial charge in [-0.1, -0.05) is 24.3 Å². The normalized spacial score (nSPS) is 19.7. The molecule has 2 heterocycles. The molecule has 30 heavy (non-hydrogen) atoms. The Labute approximate surface area is 178 Å². The number of likely N-dealkylation sites (tertiary alicyclic amines) is 1. The van der Waals surface area contributed by atoms with Crippen LogP contribution in [0.4, 0.5) is 0 Å². The van der Waals surface area contributed by atoms with Crippen LogP contribution in [0.25, 0.3) is 0 Å². The lowest BCUT2D eigenvalue weighted by Crippen LogP contribution is -2.35. The van der Waals surface area contributed by atoms with Crippen LogP contribution >= 0.6 is 0 Å². The molecule has 0 radical (unpaired) electrons. The van der Waals surface area contributed by atoms with Crippen molar-refractivity contribution in [2.45, 2.75) is 31.5 Å². The van der Waals surface area contributed by atoms with Crippen molar-refractivity contribution in [1.29, 1.82) is 0 Å². The molecule has 2 aliphatic heterocycles. The molecule has 1 N–H and O–H groups in total. The minimum absolute atomic E-state index is 0.118. The quantitative estimate of drug-likeness (QED) is 0.793. The molecule has 0 bridgehead atoms. The van der Waals surface area contributed by atoms with Crippen molar-refractivity contribution < 1.29 is 19.0 Å². The molecule has 6 heteroatoms. The van der Waals surface area contributed by atoms with Gasteiger partial charge in [-0.25, -0.2) is 0 Å². The Hall–Kier alpha value is -2.57. The summed E-state index contributed by atoms with van der Waals surface area (Å²) in [6, 6.07) is 13.6. The Morgan fingerprint density at radius 3 is 2.77 bits per heavy atom. The maximum absolute atomic E-state index is 12.7. The Morgan fingerprint density at radius 2 is 1.97 bits per heavy atom. The first kappa shape index (κ1) is 20.7. The van der Waals surface area contributed by atoms with E-state index in [0.717, 1.165) is 37.9 Å². The average Bonchev–Trinajstić information content (AvgIpc) is 2.79. The molecule has 1 fully saturated rings. The molecule has 1 amide bonds. The number of hydrogen-bond acceptors (Lipinski definition) is 5. The first-order chi connectivity index (χ1) is 14.6. The van der Waals surface area contributed by atoms with Gasteiger partial charge in [0.2, 0.25) is 0 Å². The minimum atomic E-state index is -0.147. The van der Waals surface area contributed by atoms with Crippen LogP contribution in [0.5, 0.6) is 11.5 Å². The zero-order valence-electron chi connectivity index (χ0n) is 17.7. The number of methoxy groups -OCH3 is 1. The standard InChI is InChI=1S/C24H30N2O4/c1-26-12-9-19(10-13-26)30-21-8-7-18(15-22(21)28-2)24(27)25-16-23-20-6-4-3-5-17(20)11-14-29-23/h3-8,15,19,23H,9-14,16H2,1-2H3,(H,25,27)/t23-/m0/s1. The number of piperidine rings is 1. The van der Waals surface area contributed by atoms with Crippen LogP contribution in [0.1, 0.15) is 40.4 Å². The lowest BCUT2D eigenvalue weighted by Gasteiger charge is -2.29. The minimum Gasteiger partial charge on any atom is -0.493 e. The Morgan fingerprint density at radius 1 is 1.17 bits per heavy atom. The van der Waals surface area contributed by atoms with E-state index in [4.69, 9.17) is 14.2 Å². The zero-order valence-corrected chi connectivity index (χ0v) is 17.7. The Kier molecular flexibility index (Phi) is 6.55. The first-order valence-corrected chi connectivity index (χ1v) is 10.6. The van der Waals surface area contributed by atoms with E-state index < -0.39 is 0 Å². The van der Waals surface area contributed by atoms with Gasteiger partial charge in [0.15, 0.2) is 11.5 Å². The monoisotopic (exact) mass is 410 g/mol. The summed E-state index contributed by atoms with van der Waals surface area (Å²) in [5.41, 5.74) is 3.00. The highest BCUT2D eigenvalue weighted by Crippen LogP contribution is 2.31. The smallest absolute Gasteiger partial charge is 0.251 e. The summed E-state index contributed by atoms with van der Waals surface area (Å²) in [5, 5.41) is 3.00. The van der Waals surface area contributed by atoms with Gasteiger partial charge in [-0.3, -0.25) is 4.79 Å². The number of carbonyl (C=O) groups is 1. The second-order valence-corrected chi connectivity index (χ2v) is 8.00. The molecular formula is C24H30N2O4. The fourth-order valence-electron chi connectivity index (χ4n) is 4.12. The number of fused-ring (bicyclic) bond motifs is 1. The molecule has 0 saturated carbocycles. The van der Waals surface area contributed by atoms with Crippen LogP contribution in [-0.2, 0) is 11.2 Å². The zero-order chi connectivity index (χ0) is 20.9. The van der Waals surface area contributed by atoms with E-state index in [1.165, 1.54) is 5.56 Å². The summed E-state index contributed by atoms with van der Waals surface area (Å²) in [7, 11) is 3.73. The largest absolute Gasteiger partial charge is 0.493 e. The van der Waals surface area contributed by atoms with Crippen molar-refractivity contribution in [3.8, 4) is 11.5 Å². The summed E-state index contributed by atoms with van der Waals surface area (Å²) < 4.78 is 17.5. The van der Waals surface area contributed by atoms with Crippen molar-refractivity contribution in [2.24, 2.45) is 0 Å². The maximum Gasteiger partial charge on any atom is 0.251 e. The number of hydrogen-bond donors (Lipinski definition) is 1. The summed E-state index contributed by atoms with van der Waals surface area (Å²) in [5.74, 6) is 1.12. The molecule has 0 aliphatic carbocycles. The van der Waals surface area contributed by atoms with Crippen LogP contribution in [0.3, 0.4) is 0 Å². The lowest BCUT2D eigenvalue weighted by atomic mass is 9.97. The average molecular weight is 411 g/mol. The van der Waals surface area contributed by atoms with Gasteiger partial charge in [0.1, 0.15) is 12.2 Å². The summed E-state index contributed by atoms with van der Waals surface area (Å²) in [6.45, 7) is 3.17. The highest BCUT2D eigenvalue weighted by atomic mass is 16.5. The van der Waals surface area contributed by atoms with Crippen molar-refractivity contribution in [3.63, 3.8) is 0 Å². The van der Waals surface area contributed by atoms with E-state index in [9.17, 15) is 4.79 Å². The van der Waals surface area contributed by atoms with Crippen LogP contribution in [0.15, 0.2) is 42.5 Å². The van der Waals surface area contributed by atoms with Gasteiger partial charge in [0.25, 0.3) is 5.91 Å². The van der Waals surface area contributed by atoms with E-state index in [-0.39, 0.29) is 18.1 Å². The van der Waals surface area contributed by atoms with Crippen molar-refractivity contribution in [3.05, 3.63) is 59.2 Å². The van der Waals surface area contributed by atoms with Crippen LogP contribution in [-0.4, -0.2) is 57.3 Å². The highest BCUT2D eigenvalue weighted by molar-refractivity contribution is 5.94. The van der Waals surface area contributed by atoms with E-state index in [1.807, 2.05) is 18.2 Å². The van der Waals surface area contributed by atoms with E-state index in [1.54, 1.807) is 19.2 Å². The second kappa shape index (κ2) is 9.49. The predicted molar refractivity (Wildman–Crippen MR) is 115 cm³/mol. The van der Waals surface area contributed by atoms with Crippen molar-refractivity contribution >= 4 is 5.91 Å². The number of nitrogens with one attached hydrogen (secondary N) is 1. The number of carbonyl (C=O) groups excluding carboxylic acids is 1. The maximum atomic E-state index is 12.7. The summed E-state index contributed by atoms with van der Waals surface area (Å²) >= 11 is 0. The van der Waals surface area contributed by atoms with Crippen LogP contribution < -0.4 is 14.8 Å². The number of nitrogens with zero attached hydrogens (tertiary/aromatic N) is 1. The second-order valence-electron chi connectivity index (χ2n) is 8.00. The van der Waals surface area contributed by atoms with Crippen LogP contribution in [0.2, 0.25) is 0 Å². The summed E-state index contributed by atoms with van der Waals surface area (Å²) in [6.07, 6.45) is 2.96. The molecule has 1 saturated heterocycles.